The number of rotatable bonds is 4. The highest BCUT2D eigenvalue weighted by atomic mass is 16.3. The Morgan fingerprint density at radius 3 is 2.50 bits per heavy atom. The molecule has 1 aromatic heterocycles. The first-order chi connectivity index (χ1) is 11.7. The van der Waals surface area contributed by atoms with Crippen molar-refractivity contribution in [1.29, 1.82) is 0 Å². The lowest BCUT2D eigenvalue weighted by Crippen LogP contribution is -2.31. The van der Waals surface area contributed by atoms with Gasteiger partial charge in [0.05, 0.1) is 13.2 Å². The number of aromatic nitrogens is 1. The van der Waals surface area contributed by atoms with Gasteiger partial charge in [0.1, 0.15) is 0 Å². The summed E-state index contributed by atoms with van der Waals surface area (Å²) in [5, 5.41) is 28.3. The summed E-state index contributed by atoms with van der Waals surface area (Å²) in [5.41, 5.74) is 1.13. The molecular weight excluding hydrogens is 308 g/mol. The zero-order valence-electron chi connectivity index (χ0n) is 13.4. The monoisotopic (exact) mass is 330 g/mol. The summed E-state index contributed by atoms with van der Waals surface area (Å²) in [7, 11) is 0. The summed E-state index contributed by atoms with van der Waals surface area (Å²) in [6.45, 7) is 2.88. The van der Waals surface area contributed by atoms with Crippen LogP contribution in [0, 0.1) is 17.3 Å². The van der Waals surface area contributed by atoms with Crippen LogP contribution in [0.3, 0.4) is 0 Å². The highest BCUT2D eigenvalue weighted by Gasteiger charge is 2.67. The Morgan fingerprint density at radius 1 is 1.21 bits per heavy atom. The van der Waals surface area contributed by atoms with Gasteiger partial charge in [0.15, 0.2) is 0 Å². The molecule has 2 aromatic rings. The third-order valence-electron chi connectivity index (χ3n) is 5.52. The van der Waals surface area contributed by atoms with Gasteiger partial charge in [-0.25, -0.2) is 0 Å². The SMILES string of the molecule is O=CO.OCC1(CO)C2CN(Cc3cccc4cnccc34)CC21. The topological polar surface area (TPSA) is 93.9 Å². The standard InChI is InChI=1S/C17H20N2O2.CH2O2/c20-10-17(11-21)15-8-19(9-16(15)17)7-13-3-1-2-12-6-18-5-4-14(12)13;2-1-3/h1-6,15-16,20-21H,7-11H2;1H,(H,2,3). The number of piperidine rings is 1. The van der Waals surface area contributed by atoms with Gasteiger partial charge in [0.25, 0.3) is 6.47 Å². The maximum absolute atomic E-state index is 9.49. The number of aliphatic hydroxyl groups excluding tert-OH is 2. The molecule has 1 saturated heterocycles. The van der Waals surface area contributed by atoms with E-state index in [9.17, 15) is 10.2 Å². The second-order valence-electron chi connectivity index (χ2n) is 6.58. The first-order valence-electron chi connectivity index (χ1n) is 8.03. The highest BCUT2D eigenvalue weighted by Crippen LogP contribution is 2.62. The molecule has 2 atom stereocenters. The number of hydrogen-bond acceptors (Lipinski definition) is 5. The van der Waals surface area contributed by atoms with E-state index in [-0.39, 0.29) is 25.1 Å². The van der Waals surface area contributed by atoms with Crippen LogP contribution in [0.25, 0.3) is 10.8 Å². The van der Waals surface area contributed by atoms with Crippen LogP contribution in [-0.2, 0) is 11.3 Å². The lowest BCUT2D eigenvalue weighted by Gasteiger charge is -2.24. The van der Waals surface area contributed by atoms with Crippen molar-refractivity contribution in [2.45, 2.75) is 6.54 Å². The van der Waals surface area contributed by atoms with E-state index < -0.39 is 0 Å². The molecule has 24 heavy (non-hydrogen) atoms. The summed E-state index contributed by atoms with van der Waals surface area (Å²) in [4.78, 5) is 15.0. The predicted octanol–water partition coefficient (Wildman–Crippen LogP) is 0.968. The fraction of sp³-hybridized carbons (Fsp3) is 0.444. The van der Waals surface area contributed by atoms with E-state index in [1.807, 2.05) is 12.4 Å². The van der Waals surface area contributed by atoms with Gasteiger partial charge in [-0.1, -0.05) is 18.2 Å². The van der Waals surface area contributed by atoms with Gasteiger partial charge in [-0.3, -0.25) is 14.7 Å². The maximum Gasteiger partial charge on any atom is 0.290 e. The third-order valence-corrected chi connectivity index (χ3v) is 5.52. The van der Waals surface area contributed by atoms with Crippen molar-refractivity contribution < 1.29 is 20.1 Å². The van der Waals surface area contributed by atoms with Crippen molar-refractivity contribution in [3.05, 3.63) is 42.2 Å². The molecular formula is C18H22N2O4. The average molecular weight is 330 g/mol. The maximum atomic E-state index is 9.49. The number of fused-ring (bicyclic) bond motifs is 2. The molecule has 6 heteroatoms. The Morgan fingerprint density at radius 2 is 1.88 bits per heavy atom. The van der Waals surface area contributed by atoms with Crippen molar-refractivity contribution in [2.24, 2.45) is 17.3 Å². The van der Waals surface area contributed by atoms with Crippen molar-refractivity contribution in [3.63, 3.8) is 0 Å². The van der Waals surface area contributed by atoms with E-state index in [1.165, 1.54) is 16.3 Å². The van der Waals surface area contributed by atoms with Crippen molar-refractivity contribution in [1.82, 2.24) is 9.88 Å². The van der Waals surface area contributed by atoms with Gasteiger partial charge in [-0.2, -0.15) is 0 Å². The zero-order valence-corrected chi connectivity index (χ0v) is 13.4. The lowest BCUT2D eigenvalue weighted by atomic mass is 10.0. The fourth-order valence-electron chi connectivity index (χ4n) is 4.14. The van der Waals surface area contributed by atoms with Crippen LogP contribution >= 0.6 is 0 Å². The molecule has 1 aromatic carbocycles. The Bertz CT molecular complexity index is 698. The summed E-state index contributed by atoms with van der Waals surface area (Å²) >= 11 is 0. The van der Waals surface area contributed by atoms with Gasteiger partial charge in [0.2, 0.25) is 0 Å². The Kier molecular flexibility index (Phi) is 4.80. The first-order valence-corrected chi connectivity index (χ1v) is 8.03. The fourth-order valence-corrected chi connectivity index (χ4v) is 4.14. The van der Waals surface area contributed by atoms with Gasteiger partial charge in [-0.15, -0.1) is 0 Å². The molecule has 2 heterocycles. The van der Waals surface area contributed by atoms with Crippen LogP contribution < -0.4 is 0 Å². The van der Waals surface area contributed by atoms with Crippen LogP contribution in [0.1, 0.15) is 5.56 Å². The number of aliphatic hydroxyl groups is 2. The second-order valence-corrected chi connectivity index (χ2v) is 6.58. The van der Waals surface area contributed by atoms with E-state index in [0.717, 1.165) is 19.6 Å². The minimum atomic E-state index is -0.250. The molecule has 6 nitrogen and oxygen atoms in total. The Hall–Kier alpha value is -2.02. The highest BCUT2D eigenvalue weighted by molar-refractivity contribution is 5.84. The van der Waals surface area contributed by atoms with E-state index in [0.29, 0.717) is 11.8 Å². The summed E-state index contributed by atoms with van der Waals surface area (Å²) in [5.74, 6) is 0.924. The summed E-state index contributed by atoms with van der Waals surface area (Å²) in [6, 6.07) is 8.43. The Balaban J connectivity index is 0.000000526. The summed E-state index contributed by atoms with van der Waals surface area (Å²) < 4.78 is 0. The Labute approximate surface area is 140 Å². The number of carboxylic acid groups (broad SMARTS) is 1. The second kappa shape index (κ2) is 6.84. The zero-order chi connectivity index (χ0) is 17.2. The van der Waals surface area contributed by atoms with E-state index >= 15 is 0 Å². The summed E-state index contributed by atoms with van der Waals surface area (Å²) in [6.07, 6.45) is 3.75. The molecule has 0 bridgehead atoms. The lowest BCUT2D eigenvalue weighted by molar-refractivity contribution is -0.122. The van der Waals surface area contributed by atoms with Gasteiger partial charge >= 0.3 is 0 Å². The van der Waals surface area contributed by atoms with E-state index in [4.69, 9.17) is 9.90 Å². The number of benzene rings is 1. The molecule has 2 fully saturated rings. The molecule has 0 amide bonds. The number of pyridine rings is 1. The smallest absolute Gasteiger partial charge is 0.290 e. The predicted molar refractivity (Wildman–Crippen MR) is 89.3 cm³/mol. The molecule has 1 aliphatic carbocycles. The third kappa shape index (κ3) is 2.77. The van der Waals surface area contributed by atoms with Crippen LogP contribution in [-0.4, -0.2) is 58.0 Å². The van der Waals surface area contributed by atoms with E-state index in [2.05, 4.69) is 34.1 Å². The average Bonchev–Trinajstić information content (AvgIpc) is 2.97. The van der Waals surface area contributed by atoms with Crippen molar-refractivity contribution in [2.75, 3.05) is 26.3 Å². The molecule has 3 N–H and O–H groups in total. The van der Waals surface area contributed by atoms with Gasteiger partial charge in [-0.05, 0) is 28.9 Å². The van der Waals surface area contributed by atoms with Crippen LogP contribution in [0.4, 0.5) is 0 Å². The normalized spacial score (nSPS) is 24.1. The molecule has 0 radical (unpaired) electrons. The molecule has 1 aliphatic heterocycles. The first kappa shape index (κ1) is 16.8. The number of carbonyl (C=O) groups is 1. The molecule has 0 spiro atoms. The quantitative estimate of drug-likeness (QED) is 0.723. The van der Waals surface area contributed by atoms with Crippen LogP contribution in [0.5, 0.6) is 0 Å². The minimum absolute atomic E-state index is 0.118. The molecule has 4 rings (SSSR count). The van der Waals surface area contributed by atoms with Crippen LogP contribution in [0.2, 0.25) is 0 Å². The van der Waals surface area contributed by atoms with Gasteiger partial charge in [0, 0.05) is 42.8 Å². The number of likely N-dealkylation sites (tertiary alicyclic amines) is 1. The molecule has 2 aliphatic rings. The molecule has 2 unspecified atom stereocenters. The largest absolute Gasteiger partial charge is 0.483 e. The van der Waals surface area contributed by atoms with Crippen molar-refractivity contribution >= 4 is 17.2 Å². The van der Waals surface area contributed by atoms with Crippen LogP contribution in [0.15, 0.2) is 36.7 Å². The van der Waals surface area contributed by atoms with Crippen molar-refractivity contribution in [3.8, 4) is 0 Å². The minimum Gasteiger partial charge on any atom is -0.483 e. The van der Waals surface area contributed by atoms with Gasteiger partial charge < -0.3 is 15.3 Å². The molecule has 1 saturated carbocycles. The molecule has 128 valence electrons. The number of hydrogen-bond donors (Lipinski definition) is 3. The number of nitrogens with zero attached hydrogens (tertiary/aromatic N) is 2. The van der Waals surface area contributed by atoms with E-state index in [1.54, 1.807) is 0 Å².